The number of morpholine rings is 1. The maximum Gasteiger partial charge on any atom is 0.257 e. The van der Waals surface area contributed by atoms with Gasteiger partial charge in [-0.1, -0.05) is 0 Å². The number of hydrogen-bond donors (Lipinski definition) is 0. The fraction of sp³-hybridized carbons (Fsp3) is 0.769. The molecule has 7 nitrogen and oxygen atoms in total. The van der Waals surface area contributed by atoms with Gasteiger partial charge in [0.1, 0.15) is 11.4 Å². The Labute approximate surface area is 134 Å². The van der Waals surface area contributed by atoms with Gasteiger partial charge in [0, 0.05) is 38.9 Å². The molecule has 1 aromatic rings. The summed E-state index contributed by atoms with van der Waals surface area (Å²) in [5, 5.41) is 3.68. The van der Waals surface area contributed by atoms with E-state index in [2.05, 4.69) is 10.00 Å². The fourth-order valence-corrected chi connectivity index (χ4v) is 3.70. The van der Waals surface area contributed by atoms with Crippen LogP contribution in [0.3, 0.4) is 0 Å². The molecule has 0 bridgehead atoms. The van der Waals surface area contributed by atoms with Crippen LogP contribution in [0.1, 0.15) is 6.92 Å². The SMILES string of the molecule is CC(CN1CCOCC1)N(C)S(=O)(=O)c1cnn(CC(F)F)c1. The number of likely N-dealkylation sites (N-methyl/N-ethyl adjacent to an activating group) is 1. The third kappa shape index (κ3) is 4.69. The largest absolute Gasteiger partial charge is 0.379 e. The first-order valence-corrected chi connectivity index (χ1v) is 8.83. The highest BCUT2D eigenvalue weighted by Gasteiger charge is 2.28. The normalized spacial score (nSPS) is 18.7. The van der Waals surface area contributed by atoms with Crippen LogP contribution < -0.4 is 0 Å². The van der Waals surface area contributed by atoms with Crippen LogP contribution in [-0.4, -0.2) is 79.8 Å². The molecule has 132 valence electrons. The van der Waals surface area contributed by atoms with E-state index in [9.17, 15) is 17.2 Å². The summed E-state index contributed by atoms with van der Waals surface area (Å²) < 4.78 is 57.3. The summed E-state index contributed by atoms with van der Waals surface area (Å²) in [6, 6.07) is -0.253. The van der Waals surface area contributed by atoms with Gasteiger partial charge in [0.25, 0.3) is 6.43 Å². The molecule has 1 unspecified atom stereocenters. The third-order valence-electron chi connectivity index (χ3n) is 3.86. The number of sulfonamides is 1. The predicted molar refractivity (Wildman–Crippen MR) is 79.9 cm³/mol. The van der Waals surface area contributed by atoms with E-state index in [1.54, 1.807) is 0 Å². The van der Waals surface area contributed by atoms with E-state index in [0.717, 1.165) is 30.2 Å². The minimum Gasteiger partial charge on any atom is -0.379 e. The van der Waals surface area contributed by atoms with Crippen LogP contribution in [-0.2, 0) is 21.3 Å². The highest BCUT2D eigenvalue weighted by atomic mass is 32.2. The van der Waals surface area contributed by atoms with Crippen molar-refractivity contribution in [3.05, 3.63) is 12.4 Å². The Morgan fingerprint density at radius 3 is 2.61 bits per heavy atom. The predicted octanol–water partition coefficient (Wildman–Crippen LogP) is 0.489. The number of nitrogens with zero attached hydrogens (tertiary/aromatic N) is 4. The Hall–Kier alpha value is -1.10. The Balaban J connectivity index is 2.03. The van der Waals surface area contributed by atoms with E-state index in [1.165, 1.54) is 11.4 Å². The summed E-state index contributed by atoms with van der Waals surface area (Å²) in [5.41, 5.74) is 0. The number of alkyl halides is 2. The second-order valence-corrected chi connectivity index (χ2v) is 7.57. The Morgan fingerprint density at radius 1 is 1.35 bits per heavy atom. The van der Waals surface area contributed by atoms with Crippen molar-refractivity contribution in [3.63, 3.8) is 0 Å². The first-order valence-electron chi connectivity index (χ1n) is 7.39. The van der Waals surface area contributed by atoms with E-state index >= 15 is 0 Å². The van der Waals surface area contributed by atoms with Crippen LogP contribution in [0, 0.1) is 0 Å². The molecule has 1 aliphatic rings. The highest BCUT2D eigenvalue weighted by molar-refractivity contribution is 7.89. The Bertz CT molecular complexity index is 602. The van der Waals surface area contributed by atoms with Gasteiger partial charge in [0.05, 0.1) is 19.4 Å². The van der Waals surface area contributed by atoms with E-state index in [1.807, 2.05) is 6.92 Å². The molecule has 0 aromatic carbocycles. The first-order chi connectivity index (χ1) is 10.8. The maximum atomic E-state index is 12.6. The molecule has 23 heavy (non-hydrogen) atoms. The van der Waals surface area contributed by atoms with Crippen molar-refractivity contribution in [1.82, 2.24) is 19.0 Å². The van der Waals surface area contributed by atoms with Crippen molar-refractivity contribution in [2.75, 3.05) is 39.9 Å². The molecule has 0 spiro atoms. The number of ether oxygens (including phenoxy) is 1. The molecule has 1 saturated heterocycles. The van der Waals surface area contributed by atoms with Gasteiger partial charge >= 0.3 is 0 Å². The molecule has 1 aliphatic heterocycles. The lowest BCUT2D eigenvalue weighted by Crippen LogP contribution is -2.46. The summed E-state index contributed by atoms with van der Waals surface area (Å²) in [6.07, 6.45) is -0.335. The summed E-state index contributed by atoms with van der Waals surface area (Å²) in [5.74, 6) is 0. The summed E-state index contributed by atoms with van der Waals surface area (Å²) in [4.78, 5) is 2.06. The zero-order chi connectivity index (χ0) is 17.0. The zero-order valence-corrected chi connectivity index (χ0v) is 14.0. The van der Waals surface area contributed by atoms with E-state index in [-0.39, 0.29) is 10.9 Å². The monoisotopic (exact) mass is 352 g/mol. The lowest BCUT2D eigenvalue weighted by Gasteiger charge is -2.32. The van der Waals surface area contributed by atoms with Crippen LogP contribution in [0.15, 0.2) is 17.3 Å². The van der Waals surface area contributed by atoms with Gasteiger partial charge in [-0.3, -0.25) is 9.58 Å². The molecule has 0 saturated carbocycles. The third-order valence-corrected chi connectivity index (χ3v) is 5.78. The summed E-state index contributed by atoms with van der Waals surface area (Å²) >= 11 is 0. The molecule has 1 aromatic heterocycles. The van der Waals surface area contributed by atoms with Crippen molar-refractivity contribution in [2.45, 2.75) is 30.8 Å². The lowest BCUT2D eigenvalue weighted by atomic mass is 10.3. The second-order valence-electron chi connectivity index (χ2n) is 5.57. The lowest BCUT2D eigenvalue weighted by molar-refractivity contribution is 0.0314. The zero-order valence-electron chi connectivity index (χ0n) is 13.2. The van der Waals surface area contributed by atoms with Gasteiger partial charge in [-0.05, 0) is 6.92 Å². The minimum absolute atomic E-state index is 0.0746. The average Bonchev–Trinajstić information content (AvgIpc) is 2.95. The van der Waals surface area contributed by atoms with Crippen LogP contribution in [0.5, 0.6) is 0 Å². The van der Waals surface area contributed by atoms with Gasteiger partial charge < -0.3 is 4.74 Å². The van der Waals surface area contributed by atoms with Gasteiger partial charge in [-0.2, -0.15) is 9.40 Å². The van der Waals surface area contributed by atoms with Gasteiger partial charge in [0.15, 0.2) is 0 Å². The van der Waals surface area contributed by atoms with Crippen LogP contribution >= 0.6 is 0 Å². The number of aromatic nitrogens is 2. The average molecular weight is 352 g/mol. The molecule has 10 heteroatoms. The van der Waals surface area contributed by atoms with Gasteiger partial charge in [-0.15, -0.1) is 0 Å². The van der Waals surface area contributed by atoms with Crippen LogP contribution in [0.2, 0.25) is 0 Å². The molecular formula is C13H22F2N4O3S. The maximum absolute atomic E-state index is 12.6. The first kappa shape index (κ1) is 18.2. The number of rotatable bonds is 7. The number of halogens is 2. The van der Waals surface area contributed by atoms with Crippen molar-refractivity contribution in [1.29, 1.82) is 0 Å². The van der Waals surface area contributed by atoms with Crippen LogP contribution in [0.25, 0.3) is 0 Å². The summed E-state index contributed by atoms with van der Waals surface area (Å²) in [7, 11) is -2.27. The molecule has 2 rings (SSSR count). The minimum atomic E-state index is -3.76. The van der Waals surface area contributed by atoms with Crippen LogP contribution in [0.4, 0.5) is 8.78 Å². The van der Waals surface area contributed by atoms with Crippen molar-refractivity contribution in [2.24, 2.45) is 0 Å². The molecule has 1 atom stereocenters. The molecule has 0 amide bonds. The molecular weight excluding hydrogens is 330 g/mol. The molecule has 2 heterocycles. The summed E-state index contributed by atoms with van der Waals surface area (Å²) in [6.45, 7) is 4.60. The van der Waals surface area contributed by atoms with E-state index in [0.29, 0.717) is 19.8 Å². The van der Waals surface area contributed by atoms with Crippen molar-refractivity contribution >= 4 is 10.0 Å². The quantitative estimate of drug-likeness (QED) is 0.714. The van der Waals surface area contributed by atoms with Crippen molar-refractivity contribution in [3.8, 4) is 0 Å². The Kier molecular flexibility index (Phi) is 6.06. The molecule has 0 radical (unpaired) electrons. The van der Waals surface area contributed by atoms with Gasteiger partial charge in [-0.25, -0.2) is 17.2 Å². The molecule has 1 fully saturated rings. The standard InChI is InChI=1S/C13H22F2N4O3S/c1-11(8-18-3-5-22-6-4-18)17(2)23(20,21)12-7-16-19(9-12)10-13(14)15/h7,9,11,13H,3-6,8,10H2,1-2H3. The van der Waals surface area contributed by atoms with E-state index in [4.69, 9.17) is 4.74 Å². The highest BCUT2D eigenvalue weighted by Crippen LogP contribution is 2.17. The smallest absolute Gasteiger partial charge is 0.257 e. The fourth-order valence-electron chi connectivity index (χ4n) is 2.39. The second kappa shape index (κ2) is 7.65. The molecule has 0 N–H and O–H groups in total. The topological polar surface area (TPSA) is 67.7 Å². The molecule has 0 aliphatic carbocycles. The van der Waals surface area contributed by atoms with Gasteiger partial charge in [0.2, 0.25) is 10.0 Å². The van der Waals surface area contributed by atoms with Crippen molar-refractivity contribution < 1.29 is 21.9 Å². The Morgan fingerprint density at radius 2 is 2.00 bits per heavy atom. The number of hydrogen-bond acceptors (Lipinski definition) is 5. The van der Waals surface area contributed by atoms with E-state index < -0.39 is 23.0 Å².